The number of carbonyl (C=O) groups excluding carboxylic acids is 2. The molecule has 2 amide bonds. The van der Waals surface area contributed by atoms with Crippen LogP contribution in [-0.2, 0) is 9.59 Å². The van der Waals surface area contributed by atoms with Crippen LogP contribution in [0, 0.1) is 11.8 Å². The molecule has 0 saturated carbocycles. The smallest absolute Gasteiger partial charge is 0.234 e. The van der Waals surface area contributed by atoms with E-state index in [1.54, 1.807) is 0 Å². The number of aliphatic hydroxyl groups excluding tert-OH is 1. The Kier molecular flexibility index (Phi) is 4.43. The van der Waals surface area contributed by atoms with Gasteiger partial charge in [-0.2, -0.15) is 0 Å². The molecule has 26 heavy (non-hydrogen) atoms. The number of likely N-dealkylation sites (tertiary alicyclic amines) is 1. The van der Waals surface area contributed by atoms with Crippen LogP contribution in [0.4, 0.5) is 0 Å². The minimum absolute atomic E-state index is 0.0632. The molecule has 132 valence electrons. The Balaban J connectivity index is 1.80. The number of β-amino-alcohol motifs (C(OH)–C–C–N with tert-alkyl or cyclic N) is 1. The molecule has 0 unspecified atom stereocenters. The van der Waals surface area contributed by atoms with Crippen molar-refractivity contribution in [1.82, 2.24) is 4.90 Å². The summed E-state index contributed by atoms with van der Waals surface area (Å²) in [4.78, 5) is 27.4. The molecule has 2 aliphatic rings. The fourth-order valence-corrected chi connectivity index (χ4v) is 4.32. The van der Waals surface area contributed by atoms with Gasteiger partial charge in [-0.05, 0) is 11.1 Å². The molecule has 4 atom stereocenters. The van der Waals surface area contributed by atoms with Crippen LogP contribution < -0.4 is 0 Å². The van der Waals surface area contributed by atoms with Crippen molar-refractivity contribution < 1.29 is 14.7 Å². The highest BCUT2D eigenvalue weighted by Crippen LogP contribution is 2.49. The summed E-state index contributed by atoms with van der Waals surface area (Å²) in [6.07, 6.45) is 4.14. The summed E-state index contributed by atoms with van der Waals surface area (Å²) in [6, 6.07) is 19.7. The van der Waals surface area contributed by atoms with Crippen molar-refractivity contribution in [1.29, 1.82) is 0 Å². The highest BCUT2D eigenvalue weighted by molar-refractivity contribution is 6.06. The number of carbonyl (C=O) groups is 2. The number of allylic oxidation sites excluding steroid dienone is 2. The van der Waals surface area contributed by atoms with Gasteiger partial charge in [-0.25, -0.2) is 0 Å². The van der Waals surface area contributed by atoms with Crippen LogP contribution in [0.3, 0.4) is 0 Å². The van der Waals surface area contributed by atoms with Gasteiger partial charge < -0.3 is 5.11 Å². The third kappa shape index (κ3) is 2.67. The molecule has 0 aromatic heterocycles. The van der Waals surface area contributed by atoms with Crippen molar-refractivity contribution in [3.63, 3.8) is 0 Å². The number of benzene rings is 2. The van der Waals surface area contributed by atoms with Gasteiger partial charge in [0.25, 0.3) is 0 Å². The second-order valence-electron chi connectivity index (χ2n) is 6.86. The van der Waals surface area contributed by atoms with Crippen LogP contribution in [0.15, 0.2) is 72.8 Å². The first-order chi connectivity index (χ1) is 12.7. The Labute approximate surface area is 152 Å². The zero-order valence-electron chi connectivity index (χ0n) is 14.4. The summed E-state index contributed by atoms with van der Waals surface area (Å²) in [5.74, 6) is -1.44. The molecule has 2 aromatic rings. The van der Waals surface area contributed by atoms with Crippen LogP contribution in [0.25, 0.3) is 0 Å². The fourth-order valence-electron chi connectivity index (χ4n) is 4.32. The van der Waals surface area contributed by atoms with E-state index in [1.165, 1.54) is 4.90 Å². The second-order valence-corrected chi connectivity index (χ2v) is 6.86. The number of rotatable bonds is 4. The summed E-state index contributed by atoms with van der Waals surface area (Å²) >= 11 is 0. The lowest BCUT2D eigenvalue weighted by Crippen LogP contribution is -2.34. The van der Waals surface area contributed by atoms with Gasteiger partial charge in [0.15, 0.2) is 0 Å². The zero-order valence-corrected chi connectivity index (χ0v) is 14.4. The predicted octanol–water partition coefficient (Wildman–Crippen LogP) is 2.72. The summed E-state index contributed by atoms with van der Waals surface area (Å²) < 4.78 is 0. The zero-order chi connectivity index (χ0) is 18.1. The maximum atomic E-state index is 13.1. The molecular weight excluding hydrogens is 326 g/mol. The van der Waals surface area contributed by atoms with Crippen molar-refractivity contribution in [3.05, 3.63) is 83.9 Å². The van der Waals surface area contributed by atoms with Gasteiger partial charge in [-0.3, -0.25) is 14.5 Å². The molecule has 1 aliphatic heterocycles. The molecule has 1 heterocycles. The van der Waals surface area contributed by atoms with Gasteiger partial charge in [-0.1, -0.05) is 72.8 Å². The molecule has 2 aromatic carbocycles. The molecule has 1 fully saturated rings. The van der Waals surface area contributed by atoms with Crippen LogP contribution in [0.2, 0.25) is 0 Å². The highest BCUT2D eigenvalue weighted by Gasteiger charge is 2.54. The number of amides is 2. The predicted molar refractivity (Wildman–Crippen MR) is 98.3 cm³/mol. The van der Waals surface area contributed by atoms with E-state index in [4.69, 9.17) is 0 Å². The number of fused-ring (bicyclic) bond motifs is 1. The van der Waals surface area contributed by atoms with Gasteiger partial charge in [0.2, 0.25) is 11.8 Å². The number of hydrogen-bond donors (Lipinski definition) is 1. The average molecular weight is 347 g/mol. The normalized spacial score (nSPS) is 27.7. The maximum absolute atomic E-state index is 13.1. The van der Waals surface area contributed by atoms with Gasteiger partial charge >= 0.3 is 0 Å². The molecule has 1 N–H and O–H groups in total. The Morgan fingerprint density at radius 2 is 1.15 bits per heavy atom. The van der Waals surface area contributed by atoms with Crippen molar-refractivity contribution >= 4 is 11.8 Å². The Bertz CT molecular complexity index is 763. The molecular formula is C22H21NO3. The van der Waals surface area contributed by atoms with E-state index < -0.39 is 11.8 Å². The van der Waals surface area contributed by atoms with E-state index in [1.807, 2.05) is 60.7 Å². The standard InChI is InChI=1S/C22H21NO3/c24-14-13-23-21(25)19-17(15-7-3-1-4-8-15)11-12-18(20(19)22(23)26)16-9-5-2-6-10-16/h1-12,17-20,24H,13-14H2/t17-,18+,19-,20-/m1/s1. The summed E-state index contributed by atoms with van der Waals surface area (Å²) in [6.45, 7) is -0.149. The molecule has 4 heteroatoms. The first-order valence-corrected chi connectivity index (χ1v) is 8.96. The second kappa shape index (κ2) is 6.89. The molecule has 1 saturated heterocycles. The van der Waals surface area contributed by atoms with Gasteiger partial charge in [0.1, 0.15) is 0 Å². The topological polar surface area (TPSA) is 57.6 Å². The lowest BCUT2D eigenvalue weighted by Gasteiger charge is -2.32. The Morgan fingerprint density at radius 3 is 1.54 bits per heavy atom. The monoisotopic (exact) mass is 347 g/mol. The van der Waals surface area contributed by atoms with Crippen molar-refractivity contribution in [2.75, 3.05) is 13.2 Å². The fraction of sp³-hybridized carbons (Fsp3) is 0.273. The quantitative estimate of drug-likeness (QED) is 0.683. The first kappa shape index (κ1) is 16.7. The SMILES string of the molecule is O=C1[C@H]2[C@H](C(=O)N1CCO)[C@H](c1ccccc1)C=C[C@@H]2c1ccccc1. The van der Waals surface area contributed by atoms with Gasteiger partial charge in [0, 0.05) is 11.8 Å². The molecule has 0 radical (unpaired) electrons. The molecule has 4 rings (SSSR count). The third-order valence-corrected chi connectivity index (χ3v) is 5.48. The molecule has 0 spiro atoms. The van der Waals surface area contributed by atoms with E-state index in [-0.39, 0.29) is 36.8 Å². The number of hydrogen-bond acceptors (Lipinski definition) is 3. The lowest BCUT2D eigenvalue weighted by atomic mass is 9.68. The van der Waals surface area contributed by atoms with E-state index in [0.717, 1.165) is 11.1 Å². The number of aliphatic hydroxyl groups is 1. The van der Waals surface area contributed by atoms with Crippen LogP contribution in [0.1, 0.15) is 23.0 Å². The first-order valence-electron chi connectivity index (χ1n) is 8.96. The minimum atomic E-state index is -0.424. The largest absolute Gasteiger partial charge is 0.395 e. The average Bonchev–Trinajstić information content (AvgIpc) is 2.95. The van der Waals surface area contributed by atoms with Crippen molar-refractivity contribution in [2.24, 2.45) is 11.8 Å². The maximum Gasteiger partial charge on any atom is 0.234 e. The highest BCUT2D eigenvalue weighted by atomic mass is 16.3. The Hall–Kier alpha value is -2.72. The van der Waals surface area contributed by atoms with Gasteiger partial charge in [0.05, 0.1) is 25.0 Å². The van der Waals surface area contributed by atoms with E-state index in [0.29, 0.717) is 0 Å². The minimum Gasteiger partial charge on any atom is -0.395 e. The summed E-state index contributed by atoms with van der Waals surface area (Å²) in [5, 5.41) is 9.30. The van der Waals surface area contributed by atoms with E-state index >= 15 is 0 Å². The summed E-state index contributed by atoms with van der Waals surface area (Å²) in [5.41, 5.74) is 2.08. The van der Waals surface area contributed by atoms with Crippen LogP contribution in [-0.4, -0.2) is 35.0 Å². The molecule has 4 nitrogen and oxygen atoms in total. The Morgan fingerprint density at radius 1 is 0.731 bits per heavy atom. The van der Waals surface area contributed by atoms with Crippen molar-refractivity contribution in [3.8, 4) is 0 Å². The lowest BCUT2D eigenvalue weighted by molar-refractivity contribution is -0.140. The number of imide groups is 1. The number of nitrogens with zero attached hydrogens (tertiary/aromatic N) is 1. The van der Waals surface area contributed by atoms with Crippen LogP contribution in [0.5, 0.6) is 0 Å². The van der Waals surface area contributed by atoms with Gasteiger partial charge in [-0.15, -0.1) is 0 Å². The third-order valence-electron chi connectivity index (χ3n) is 5.48. The van der Waals surface area contributed by atoms with E-state index in [9.17, 15) is 14.7 Å². The molecule has 0 bridgehead atoms. The van der Waals surface area contributed by atoms with E-state index in [2.05, 4.69) is 12.2 Å². The molecule has 1 aliphatic carbocycles. The van der Waals surface area contributed by atoms with Crippen molar-refractivity contribution in [2.45, 2.75) is 11.8 Å². The summed E-state index contributed by atoms with van der Waals surface area (Å²) in [7, 11) is 0. The van der Waals surface area contributed by atoms with Crippen LogP contribution >= 0.6 is 0 Å².